The molecule has 0 aliphatic carbocycles. The van der Waals surface area contributed by atoms with Gasteiger partial charge in [0.25, 0.3) is 5.91 Å². The molecule has 0 saturated carbocycles. The molecule has 0 aliphatic rings. The van der Waals surface area contributed by atoms with Crippen LogP contribution in [0.15, 0.2) is 78.9 Å². The Morgan fingerprint density at radius 3 is 2.33 bits per heavy atom. The largest absolute Gasteiger partial charge is 0.497 e. The minimum Gasteiger partial charge on any atom is -0.497 e. The molecule has 3 rings (SSSR count). The number of nitrogens with zero attached hydrogens (tertiary/aromatic N) is 2. The van der Waals surface area contributed by atoms with Crippen molar-refractivity contribution in [3.8, 4) is 5.75 Å². The average Bonchev–Trinajstić information content (AvgIpc) is 2.84. The topological polar surface area (TPSA) is 73.9 Å². The number of anilines is 2. The highest BCUT2D eigenvalue weighted by molar-refractivity contribution is 6.06. The molecule has 1 unspecified atom stereocenters. The summed E-state index contributed by atoms with van der Waals surface area (Å²) >= 11 is 0. The van der Waals surface area contributed by atoms with Crippen LogP contribution in [0.1, 0.15) is 22.0 Å². The molecule has 0 fully saturated rings. The summed E-state index contributed by atoms with van der Waals surface area (Å²) in [4.78, 5) is 29.0. The Kier molecular flexibility index (Phi) is 8.05. The van der Waals surface area contributed by atoms with Gasteiger partial charge in [0, 0.05) is 30.5 Å². The van der Waals surface area contributed by atoms with Crippen LogP contribution in [0.2, 0.25) is 0 Å². The fraction of sp³-hybridized carbons (Fsp3) is 0.231. The lowest BCUT2D eigenvalue weighted by molar-refractivity contribution is 0.0993. The molecule has 3 aromatic rings. The molecule has 0 aromatic heterocycles. The van der Waals surface area contributed by atoms with E-state index in [4.69, 9.17) is 4.74 Å². The molecule has 0 heterocycles. The van der Waals surface area contributed by atoms with E-state index in [0.717, 1.165) is 17.0 Å². The first-order valence-corrected chi connectivity index (χ1v) is 10.7. The van der Waals surface area contributed by atoms with Gasteiger partial charge in [-0.05, 0) is 62.1 Å². The van der Waals surface area contributed by atoms with E-state index in [0.29, 0.717) is 17.8 Å². The van der Waals surface area contributed by atoms with Gasteiger partial charge in [0.2, 0.25) is 0 Å². The quantitative estimate of drug-likeness (QED) is 0.538. The van der Waals surface area contributed by atoms with Crippen molar-refractivity contribution in [1.29, 1.82) is 0 Å². The summed E-state index contributed by atoms with van der Waals surface area (Å²) < 4.78 is 5.32. The van der Waals surface area contributed by atoms with Crippen molar-refractivity contribution in [1.82, 2.24) is 10.2 Å². The number of rotatable bonds is 8. The number of carbonyl (C=O) groups excluding carboxylic acids is 2. The van der Waals surface area contributed by atoms with Crippen molar-refractivity contribution in [3.63, 3.8) is 0 Å². The van der Waals surface area contributed by atoms with Crippen molar-refractivity contribution < 1.29 is 14.3 Å². The summed E-state index contributed by atoms with van der Waals surface area (Å²) in [7, 11) is 7.28. The van der Waals surface area contributed by atoms with Gasteiger partial charge < -0.3 is 25.2 Å². The number of methoxy groups -OCH3 is 1. The third-order valence-corrected chi connectivity index (χ3v) is 5.37. The molecule has 3 amide bonds. The first-order chi connectivity index (χ1) is 15.9. The maximum absolute atomic E-state index is 12.9. The molecule has 7 heteroatoms. The van der Waals surface area contributed by atoms with Crippen LogP contribution in [-0.2, 0) is 0 Å². The minimum atomic E-state index is -0.342. The number of urea groups is 1. The number of likely N-dealkylation sites (N-methyl/N-ethyl adjacent to an activating group) is 1. The number of carbonyl (C=O) groups is 2. The number of nitrogens with one attached hydrogen (secondary N) is 2. The maximum atomic E-state index is 12.9. The Morgan fingerprint density at radius 1 is 0.909 bits per heavy atom. The SMILES string of the molecule is COc1cccc(C(CNC(=O)Nc2cccc(C(=O)N(C)c3ccccc3)c2)N(C)C)c1. The van der Waals surface area contributed by atoms with E-state index in [1.165, 1.54) is 0 Å². The van der Waals surface area contributed by atoms with Crippen LogP contribution in [0, 0.1) is 0 Å². The zero-order valence-electron chi connectivity index (χ0n) is 19.4. The number of hydrogen-bond donors (Lipinski definition) is 2. The molecule has 0 spiro atoms. The smallest absolute Gasteiger partial charge is 0.319 e. The highest BCUT2D eigenvalue weighted by Gasteiger charge is 2.17. The third kappa shape index (κ3) is 6.33. The second kappa shape index (κ2) is 11.2. The first kappa shape index (κ1) is 23.8. The van der Waals surface area contributed by atoms with Crippen LogP contribution >= 0.6 is 0 Å². The van der Waals surface area contributed by atoms with E-state index < -0.39 is 0 Å². The van der Waals surface area contributed by atoms with E-state index >= 15 is 0 Å². The lowest BCUT2D eigenvalue weighted by atomic mass is 10.1. The average molecular weight is 447 g/mol. The number of hydrogen-bond acceptors (Lipinski definition) is 4. The number of benzene rings is 3. The Balaban J connectivity index is 1.63. The molecule has 7 nitrogen and oxygen atoms in total. The third-order valence-electron chi connectivity index (χ3n) is 5.37. The van der Waals surface area contributed by atoms with Crippen molar-refractivity contribution in [2.45, 2.75) is 6.04 Å². The second-order valence-electron chi connectivity index (χ2n) is 7.87. The highest BCUT2D eigenvalue weighted by Crippen LogP contribution is 2.22. The van der Waals surface area contributed by atoms with Gasteiger partial charge in [0.15, 0.2) is 0 Å². The molecule has 3 aromatic carbocycles. The molecular formula is C26H30N4O3. The van der Waals surface area contributed by atoms with E-state index in [9.17, 15) is 9.59 Å². The number of amides is 3. The van der Waals surface area contributed by atoms with Gasteiger partial charge in [0.1, 0.15) is 5.75 Å². The van der Waals surface area contributed by atoms with Crippen LogP contribution < -0.4 is 20.3 Å². The fourth-order valence-electron chi connectivity index (χ4n) is 3.50. The van der Waals surface area contributed by atoms with Gasteiger partial charge in [-0.2, -0.15) is 0 Å². The van der Waals surface area contributed by atoms with Crippen molar-refractivity contribution in [2.24, 2.45) is 0 Å². The summed E-state index contributed by atoms with van der Waals surface area (Å²) in [5, 5.41) is 5.74. The number of ether oxygens (including phenoxy) is 1. The Morgan fingerprint density at radius 2 is 1.64 bits per heavy atom. The molecule has 1 atom stereocenters. The zero-order chi connectivity index (χ0) is 23.8. The zero-order valence-corrected chi connectivity index (χ0v) is 19.4. The maximum Gasteiger partial charge on any atom is 0.319 e. The lowest BCUT2D eigenvalue weighted by Gasteiger charge is -2.25. The second-order valence-corrected chi connectivity index (χ2v) is 7.87. The monoisotopic (exact) mass is 446 g/mol. The Bertz CT molecular complexity index is 1090. The summed E-state index contributed by atoms with van der Waals surface area (Å²) in [6, 6.07) is 23.7. The van der Waals surface area contributed by atoms with Crippen LogP contribution in [0.3, 0.4) is 0 Å². The Hall–Kier alpha value is -3.84. The minimum absolute atomic E-state index is 0.0294. The molecule has 0 saturated heterocycles. The molecule has 0 bridgehead atoms. The van der Waals surface area contributed by atoms with Crippen molar-refractivity contribution in [3.05, 3.63) is 90.0 Å². The van der Waals surface area contributed by atoms with Crippen LogP contribution in [-0.4, -0.2) is 51.6 Å². The summed E-state index contributed by atoms with van der Waals surface area (Å²) in [5.41, 5.74) is 2.87. The predicted molar refractivity (Wildman–Crippen MR) is 132 cm³/mol. The van der Waals surface area contributed by atoms with E-state index in [2.05, 4.69) is 10.6 Å². The summed E-state index contributed by atoms with van der Waals surface area (Å²) in [6.45, 7) is 0.404. The normalized spacial score (nSPS) is 11.5. The van der Waals surface area contributed by atoms with Crippen molar-refractivity contribution in [2.75, 3.05) is 45.0 Å². The van der Waals surface area contributed by atoms with E-state index in [1.54, 1.807) is 43.3 Å². The van der Waals surface area contributed by atoms with Crippen LogP contribution in [0.5, 0.6) is 5.75 Å². The first-order valence-electron chi connectivity index (χ1n) is 10.7. The van der Waals surface area contributed by atoms with Gasteiger partial charge >= 0.3 is 6.03 Å². The standard InChI is InChI=1S/C26H30N4O3/c1-29(2)24(19-10-9-15-23(17-19)33-4)18-27-26(32)28-21-12-8-11-20(16-21)25(31)30(3)22-13-6-5-7-14-22/h5-17,24H,18H2,1-4H3,(H2,27,28,32). The predicted octanol–water partition coefficient (Wildman–Crippen LogP) is 4.40. The summed E-state index contributed by atoms with van der Waals surface area (Å²) in [5.74, 6) is 0.613. The van der Waals surface area contributed by atoms with Gasteiger partial charge in [-0.25, -0.2) is 4.79 Å². The molecule has 0 aliphatic heterocycles. The van der Waals surface area contributed by atoms with Crippen molar-refractivity contribution >= 4 is 23.3 Å². The van der Waals surface area contributed by atoms with Gasteiger partial charge in [-0.3, -0.25) is 4.79 Å². The molecule has 172 valence electrons. The van der Waals surface area contributed by atoms with Gasteiger partial charge in [-0.15, -0.1) is 0 Å². The lowest BCUT2D eigenvalue weighted by Crippen LogP contribution is -2.37. The number of para-hydroxylation sites is 1. The van der Waals surface area contributed by atoms with E-state index in [1.807, 2.05) is 73.6 Å². The van der Waals surface area contributed by atoms with Crippen LogP contribution in [0.25, 0.3) is 0 Å². The van der Waals surface area contributed by atoms with Gasteiger partial charge in [-0.1, -0.05) is 36.4 Å². The Labute approximate surface area is 195 Å². The molecular weight excluding hydrogens is 416 g/mol. The highest BCUT2D eigenvalue weighted by atomic mass is 16.5. The summed E-state index contributed by atoms with van der Waals surface area (Å²) in [6.07, 6.45) is 0. The molecule has 2 N–H and O–H groups in total. The fourth-order valence-corrected chi connectivity index (χ4v) is 3.50. The molecule has 33 heavy (non-hydrogen) atoms. The van der Waals surface area contributed by atoms with Crippen LogP contribution in [0.4, 0.5) is 16.2 Å². The van der Waals surface area contributed by atoms with E-state index in [-0.39, 0.29) is 18.0 Å². The molecule has 0 radical (unpaired) electrons. The van der Waals surface area contributed by atoms with Gasteiger partial charge in [0.05, 0.1) is 13.2 Å².